The van der Waals surface area contributed by atoms with Gasteiger partial charge in [0.25, 0.3) is 11.6 Å². The molecule has 0 heterocycles. The summed E-state index contributed by atoms with van der Waals surface area (Å²) >= 11 is 5.87. The van der Waals surface area contributed by atoms with E-state index in [4.69, 9.17) is 16.3 Å². The van der Waals surface area contributed by atoms with Gasteiger partial charge in [-0.3, -0.25) is 14.9 Å². The molecule has 0 aliphatic heterocycles. The molecule has 20 heavy (non-hydrogen) atoms. The zero-order valence-electron chi connectivity index (χ0n) is 10.8. The van der Waals surface area contributed by atoms with Crippen molar-refractivity contribution in [2.75, 3.05) is 20.3 Å². The highest BCUT2D eigenvalue weighted by Gasteiger charge is 2.20. The number of amides is 1. The third-order valence-corrected chi connectivity index (χ3v) is 2.83. The summed E-state index contributed by atoms with van der Waals surface area (Å²) in [7, 11) is 1.50. The quantitative estimate of drug-likeness (QED) is 0.475. The molecule has 1 aromatic carbocycles. The minimum atomic E-state index is -0.733. The fourth-order valence-electron chi connectivity index (χ4n) is 1.55. The Balaban J connectivity index is 2.68. The summed E-state index contributed by atoms with van der Waals surface area (Å²) in [6.45, 7) is 0.543. The second kappa shape index (κ2) is 7.76. The van der Waals surface area contributed by atoms with Crippen LogP contribution < -0.4 is 5.32 Å². The number of rotatable bonds is 7. The van der Waals surface area contributed by atoms with Gasteiger partial charge in [-0.15, -0.1) is 11.6 Å². The number of halogens is 2. The van der Waals surface area contributed by atoms with Crippen molar-refractivity contribution in [1.29, 1.82) is 0 Å². The number of nitro groups is 1. The molecule has 1 unspecified atom stereocenters. The van der Waals surface area contributed by atoms with E-state index in [1.54, 1.807) is 0 Å². The number of methoxy groups -OCH3 is 1. The molecule has 1 atom stereocenters. The Labute approximate surface area is 120 Å². The summed E-state index contributed by atoms with van der Waals surface area (Å²) in [5.74, 6) is -1.42. The third kappa shape index (κ3) is 4.75. The molecule has 6 nitrogen and oxygen atoms in total. The highest BCUT2D eigenvalue weighted by atomic mass is 35.5. The van der Waals surface area contributed by atoms with Crippen molar-refractivity contribution in [3.8, 4) is 0 Å². The van der Waals surface area contributed by atoms with Crippen molar-refractivity contribution in [2.45, 2.75) is 11.8 Å². The van der Waals surface area contributed by atoms with E-state index in [-0.39, 0.29) is 17.5 Å². The minimum Gasteiger partial charge on any atom is -0.383 e. The first-order valence-electron chi connectivity index (χ1n) is 5.81. The molecule has 110 valence electrons. The monoisotopic (exact) mass is 304 g/mol. The molecular weight excluding hydrogens is 291 g/mol. The summed E-state index contributed by atoms with van der Waals surface area (Å²) < 4.78 is 17.9. The fourth-order valence-corrected chi connectivity index (χ4v) is 1.79. The predicted molar refractivity (Wildman–Crippen MR) is 71.5 cm³/mol. The molecule has 0 aliphatic rings. The lowest BCUT2D eigenvalue weighted by Crippen LogP contribution is -2.27. The average molecular weight is 305 g/mol. The number of ether oxygens (including phenoxy) is 1. The average Bonchev–Trinajstić information content (AvgIpc) is 2.38. The van der Waals surface area contributed by atoms with Gasteiger partial charge in [-0.05, 0) is 18.6 Å². The van der Waals surface area contributed by atoms with Crippen molar-refractivity contribution < 1.29 is 18.8 Å². The second-order valence-corrected chi connectivity index (χ2v) is 4.63. The standard InChI is InChI=1S/C12H14ClFN2O4/c1-20-7-8(13)4-5-15-12(17)10-6-9(14)2-3-11(10)16(18)19/h2-3,6,8H,4-5,7H2,1H3,(H,15,17). The molecule has 0 saturated carbocycles. The topological polar surface area (TPSA) is 81.5 Å². The van der Waals surface area contributed by atoms with Gasteiger partial charge in [0.1, 0.15) is 11.4 Å². The van der Waals surface area contributed by atoms with E-state index >= 15 is 0 Å². The van der Waals surface area contributed by atoms with Gasteiger partial charge < -0.3 is 10.1 Å². The van der Waals surface area contributed by atoms with Crippen molar-refractivity contribution in [2.24, 2.45) is 0 Å². The molecule has 1 amide bonds. The molecule has 0 spiro atoms. The van der Waals surface area contributed by atoms with Crippen LogP contribution in [0.25, 0.3) is 0 Å². The Hall–Kier alpha value is -1.73. The van der Waals surface area contributed by atoms with E-state index in [1.807, 2.05) is 0 Å². The van der Waals surface area contributed by atoms with Crippen LogP contribution in [0.2, 0.25) is 0 Å². The van der Waals surface area contributed by atoms with E-state index < -0.39 is 22.3 Å². The fraction of sp³-hybridized carbons (Fsp3) is 0.417. The summed E-state index contributed by atoms with van der Waals surface area (Å²) in [6, 6.07) is 2.72. The van der Waals surface area contributed by atoms with Crippen LogP contribution in [-0.4, -0.2) is 36.5 Å². The zero-order chi connectivity index (χ0) is 15.1. The maximum absolute atomic E-state index is 13.1. The van der Waals surface area contributed by atoms with E-state index in [1.165, 1.54) is 7.11 Å². The van der Waals surface area contributed by atoms with Crippen LogP contribution in [0.4, 0.5) is 10.1 Å². The smallest absolute Gasteiger partial charge is 0.282 e. The molecular formula is C12H14ClFN2O4. The van der Waals surface area contributed by atoms with Crippen LogP contribution in [-0.2, 0) is 4.74 Å². The first kappa shape index (κ1) is 16.3. The molecule has 1 aromatic rings. The van der Waals surface area contributed by atoms with Gasteiger partial charge in [0.05, 0.1) is 16.9 Å². The number of nitrogens with zero attached hydrogens (tertiary/aromatic N) is 1. The summed E-state index contributed by atoms with van der Waals surface area (Å²) in [5.41, 5.74) is -0.754. The second-order valence-electron chi connectivity index (χ2n) is 4.02. The number of benzene rings is 1. The van der Waals surface area contributed by atoms with Crippen molar-refractivity contribution in [3.05, 3.63) is 39.7 Å². The lowest BCUT2D eigenvalue weighted by Gasteiger charge is -2.09. The third-order valence-electron chi connectivity index (χ3n) is 2.49. The molecule has 1 rings (SSSR count). The summed E-state index contributed by atoms with van der Waals surface area (Å²) in [5, 5.41) is 13.0. The van der Waals surface area contributed by atoms with E-state index in [2.05, 4.69) is 5.32 Å². The number of hydrogen-bond donors (Lipinski definition) is 1. The van der Waals surface area contributed by atoms with Crippen molar-refractivity contribution in [3.63, 3.8) is 0 Å². The molecule has 0 bridgehead atoms. The van der Waals surface area contributed by atoms with E-state index in [9.17, 15) is 19.3 Å². The predicted octanol–water partition coefficient (Wildman–Crippen LogP) is 2.11. The number of carbonyl (C=O) groups excluding carboxylic acids is 1. The lowest BCUT2D eigenvalue weighted by atomic mass is 10.1. The largest absolute Gasteiger partial charge is 0.383 e. The Morgan fingerprint density at radius 1 is 1.60 bits per heavy atom. The van der Waals surface area contributed by atoms with Crippen LogP contribution in [0.15, 0.2) is 18.2 Å². The van der Waals surface area contributed by atoms with Crippen LogP contribution in [0.3, 0.4) is 0 Å². The molecule has 0 aliphatic carbocycles. The Morgan fingerprint density at radius 2 is 2.30 bits per heavy atom. The van der Waals surface area contributed by atoms with Gasteiger partial charge in [0, 0.05) is 19.7 Å². The zero-order valence-corrected chi connectivity index (χ0v) is 11.5. The minimum absolute atomic E-state index is 0.212. The van der Waals surface area contributed by atoms with E-state index in [0.29, 0.717) is 13.0 Å². The van der Waals surface area contributed by atoms with Crippen LogP contribution in [0, 0.1) is 15.9 Å². The van der Waals surface area contributed by atoms with Crippen LogP contribution >= 0.6 is 11.6 Å². The summed E-state index contributed by atoms with van der Waals surface area (Å²) in [4.78, 5) is 21.8. The molecule has 0 aromatic heterocycles. The van der Waals surface area contributed by atoms with Gasteiger partial charge >= 0.3 is 0 Å². The Morgan fingerprint density at radius 3 is 2.90 bits per heavy atom. The number of nitro benzene ring substituents is 1. The molecule has 0 fully saturated rings. The maximum Gasteiger partial charge on any atom is 0.282 e. The van der Waals surface area contributed by atoms with Gasteiger partial charge in [-0.25, -0.2) is 4.39 Å². The van der Waals surface area contributed by atoms with Crippen LogP contribution in [0.5, 0.6) is 0 Å². The number of alkyl halides is 1. The normalized spacial score (nSPS) is 11.9. The lowest BCUT2D eigenvalue weighted by molar-refractivity contribution is -0.385. The Kier molecular flexibility index (Phi) is 6.33. The molecule has 1 N–H and O–H groups in total. The number of nitrogens with one attached hydrogen (secondary N) is 1. The van der Waals surface area contributed by atoms with E-state index in [0.717, 1.165) is 18.2 Å². The SMILES string of the molecule is COCC(Cl)CCNC(=O)c1cc(F)ccc1[N+](=O)[O-]. The molecule has 0 radical (unpaired) electrons. The number of hydrogen-bond acceptors (Lipinski definition) is 4. The first-order chi connectivity index (χ1) is 9.45. The molecule has 8 heteroatoms. The summed E-state index contributed by atoms with van der Waals surface area (Å²) in [6.07, 6.45) is 0.435. The maximum atomic E-state index is 13.1. The molecule has 0 saturated heterocycles. The van der Waals surface area contributed by atoms with Gasteiger partial charge in [-0.1, -0.05) is 0 Å². The highest BCUT2D eigenvalue weighted by Crippen LogP contribution is 2.19. The first-order valence-corrected chi connectivity index (χ1v) is 6.24. The van der Waals surface area contributed by atoms with Gasteiger partial charge in [0.2, 0.25) is 0 Å². The highest BCUT2D eigenvalue weighted by molar-refractivity contribution is 6.20. The van der Waals surface area contributed by atoms with Crippen molar-refractivity contribution >= 4 is 23.2 Å². The van der Waals surface area contributed by atoms with Crippen LogP contribution in [0.1, 0.15) is 16.8 Å². The Bertz CT molecular complexity index is 498. The van der Waals surface area contributed by atoms with Crippen molar-refractivity contribution in [1.82, 2.24) is 5.32 Å². The number of carbonyl (C=O) groups is 1. The van der Waals surface area contributed by atoms with Gasteiger partial charge in [0.15, 0.2) is 0 Å². The van der Waals surface area contributed by atoms with Gasteiger partial charge in [-0.2, -0.15) is 0 Å².